The standard InChI is InChI=1S/C17H18F2N2OS/c1-23-11-12-2-6-15(7-3-12)21-17(22)20-9-8-13-4-5-14(18)10-16(13)19/h2-7,10H,8-9,11H2,1H3,(H2,20,21,22). The molecule has 2 aromatic rings. The fourth-order valence-corrected chi connectivity index (χ4v) is 2.59. The molecule has 3 nitrogen and oxygen atoms in total. The number of benzene rings is 2. The summed E-state index contributed by atoms with van der Waals surface area (Å²) in [5, 5.41) is 5.36. The summed E-state index contributed by atoms with van der Waals surface area (Å²) in [7, 11) is 0. The van der Waals surface area contributed by atoms with E-state index in [4.69, 9.17) is 0 Å². The van der Waals surface area contributed by atoms with E-state index < -0.39 is 11.6 Å². The fourth-order valence-electron chi connectivity index (χ4n) is 2.06. The first-order valence-electron chi connectivity index (χ1n) is 7.15. The summed E-state index contributed by atoms with van der Waals surface area (Å²) in [6, 6.07) is 10.7. The summed E-state index contributed by atoms with van der Waals surface area (Å²) in [6.07, 6.45) is 2.33. The highest BCUT2D eigenvalue weighted by atomic mass is 32.2. The lowest BCUT2D eigenvalue weighted by atomic mass is 10.1. The Morgan fingerprint density at radius 2 is 1.87 bits per heavy atom. The van der Waals surface area contributed by atoms with Crippen molar-refractivity contribution in [3.05, 3.63) is 65.2 Å². The van der Waals surface area contributed by atoms with E-state index in [9.17, 15) is 13.6 Å². The minimum Gasteiger partial charge on any atom is -0.338 e. The average molecular weight is 336 g/mol. The summed E-state index contributed by atoms with van der Waals surface area (Å²) < 4.78 is 26.2. The van der Waals surface area contributed by atoms with Crippen molar-refractivity contribution < 1.29 is 13.6 Å². The number of nitrogens with one attached hydrogen (secondary N) is 2. The van der Waals surface area contributed by atoms with Gasteiger partial charge in [-0.15, -0.1) is 0 Å². The largest absolute Gasteiger partial charge is 0.338 e. The Hall–Kier alpha value is -2.08. The predicted molar refractivity (Wildman–Crippen MR) is 90.7 cm³/mol. The Labute approximate surface area is 138 Å². The maximum absolute atomic E-state index is 13.5. The third-order valence-corrected chi connectivity index (χ3v) is 3.84. The van der Waals surface area contributed by atoms with Gasteiger partial charge in [-0.05, 0) is 42.0 Å². The molecule has 0 aliphatic rings. The topological polar surface area (TPSA) is 41.1 Å². The molecule has 0 saturated carbocycles. The number of rotatable bonds is 6. The van der Waals surface area contributed by atoms with Gasteiger partial charge < -0.3 is 10.6 Å². The lowest BCUT2D eigenvalue weighted by Gasteiger charge is -2.09. The zero-order valence-corrected chi connectivity index (χ0v) is 13.6. The molecule has 2 aromatic carbocycles. The van der Waals surface area contributed by atoms with Crippen molar-refractivity contribution in [2.75, 3.05) is 18.1 Å². The van der Waals surface area contributed by atoms with Gasteiger partial charge in [0.1, 0.15) is 11.6 Å². The number of anilines is 1. The second-order valence-corrected chi connectivity index (χ2v) is 5.86. The normalized spacial score (nSPS) is 10.4. The molecule has 0 bridgehead atoms. The zero-order valence-electron chi connectivity index (χ0n) is 12.7. The van der Waals surface area contributed by atoms with Crippen LogP contribution in [0.5, 0.6) is 0 Å². The molecule has 2 rings (SSSR count). The SMILES string of the molecule is CSCc1ccc(NC(=O)NCCc2ccc(F)cc2F)cc1. The van der Waals surface area contributed by atoms with Crippen LogP contribution in [0.15, 0.2) is 42.5 Å². The number of hydrogen-bond donors (Lipinski definition) is 2. The molecule has 23 heavy (non-hydrogen) atoms. The third-order valence-electron chi connectivity index (χ3n) is 3.22. The Balaban J connectivity index is 1.78. The van der Waals surface area contributed by atoms with Crippen LogP contribution in [-0.2, 0) is 12.2 Å². The lowest BCUT2D eigenvalue weighted by Crippen LogP contribution is -2.30. The molecule has 0 spiro atoms. The van der Waals surface area contributed by atoms with Gasteiger partial charge in [-0.2, -0.15) is 11.8 Å². The number of halogens is 2. The second-order valence-electron chi connectivity index (χ2n) is 5.00. The van der Waals surface area contributed by atoms with Crippen LogP contribution in [0.2, 0.25) is 0 Å². The molecule has 0 heterocycles. The Kier molecular flexibility index (Phi) is 6.40. The quantitative estimate of drug-likeness (QED) is 0.830. The molecule has 0 aromatic heterocycles. The first-order valence-corrected chi connectivity index (χ1v) is 8.54. The maximum atomic E-state index is 13.5. The van der Waals surface area contributed by atoms with Crippen LogP contribution in [0.25, 0.3) is 0 Å². The van der Waals surface area contributed by atoms with Crippen LogP contribution in [-0.4, -0.2) is 18.8 Å². The van der Waals surface area contributed by atoms with Gasteiger partial charge in [-0.1, -0.05) is 18.2 Å². The number of hydrogen-bond acceptors (Lipinski definition) is 2. The Morgan fingerprint density at radius 1 is 1.13 bits per heavy atom. The maximum Gasteiger partial charge on any atom is 0.319 e. The van der Waals surface area contributed by atoms with Crippen molar-refractivity contribution in [1.82, 2.24) is 5.32 Å². The molecule has 2 amide bonds. The summed E-state index contributed by atoms with van der Waals surface area (Å²) in [5.41, 5.74) is 2.25. The van der Waals surface area contributed by atoms with Gasteiger partial charge in [0.25, 0.3) is 0 Å². The summed E-state index contributed by atoms with van der Waals surface area (Å²) in [6.45, 7) is 0.263. The second kappa shape index (κ2) is 8.53. The highest BCUT2D eigenvalue weighted by Gasteiger charge is 2.05. The van der Waals surface area contributed by atoms with Gasteiger partial charge in [0.05, 0.1) is 0 Å². The van der Waals surface area contributed by atoms with Gasteiger partial charge in [-0.25, -0.2) is 13.6 Å². The molecule has 0 saturated heterocycles. The molecule has 0 aliphatic carbocycles. The molecule has 2 N–H and O–H groups in total. The van der Waals surface area contributed by atoms with E-state index in [0.717, 1.165) is 11.8 Å². The zero-order chi connectivity index (χ0) is 16.7. The minimum absolute atomic E-state index is 0.263. The van der Waals surface area contributed by atoms with E-state index in [0.29, 0.717) is 17.7 Å². The number of carbonyl (C=O) groups excluding carboxylic acids is 1. The van der Waals surface area contributed by atoms with Crippen molar-refractivity contribution in [2.24, 2.45) is 0 Å². The van der Waals surface area contributed by atoms with Crippen LogP contribution in [0.3, 0.4) is 0 Å². The number of urea groups is 1. The molecule has 122 valence electrons. The Bertz CT molecular complexity index is 662. The molecule has 6 heteroatoms. The fraction of sp³-hybridized carbons (Fsp3) is 0.235. The van der Waals surface area contributed by atoms with Gasteiger partial charge in [0.2, 0.25) is 0 Å². The highest BCUT2D eigenvalue weighted by Crippen LogP contribution is 2.13. The van der Waals surface area contributed by atoms with Crippen LogP contribution < -0.4 is 10.6 Å². The molecule has 0 radical (unpaired) electrons. The average Bonchev–Trinajstić information content (AvgIpc) is 2.52. The molecule has 0 unspecified atom stereocenters. The first-order chi connectivity index (χ1) is 11.1. The molecule has 0 aliphatic heterocycles. The van der Waals surface area contributed by atoms with Crippen LogP contribution in [0, 0.1) is 11.6 Å². The smallest absolute Gasteiger partial charge is 0.319 e. The van der Waals surface area contributed by atoms with Crippen molar-refractivity contribution >= 4 is 23.5 Å². The van der Waals surface area contributed by atoms with Gasteiger partial charge >= 0.3 is 6.03 Å². The van der Waals surface area contributed by atoms with Crippen LogP contribution in [0.1, 0.15) is 11.1 Å². The van der Waals surface area contributed by atoms with Gasteiger partial charge in [0.15, 0.2) is 0 Å². The van der Waals surface area contributed by atoms with Gasteiger partial charge in [0, 0.05) is 24.1 Å². The number of thioether (sulfide) groups is 1. The molecule has 0 fully saturated rings. The summed E-state index contributed by atoms with van der Waals surface area (Å²) in [5.74, 6) is -0.283. The molecule has 0 atom stereocenters. The molecular weight excluding hydrogens is 318 g/mol. The monoisotopic (exact) mass is 336 g/mol. The summed E-state index contributed by atoms with van der Waals surface area (Å²) >= 11 is 1.73. The number of carbonyl (C=O) groups is 1. The van der Waals surface area contributed by atoms with E-state index in [1.165, 1.54) is 17.7 Å². The summed E-state index contributed by atoms with van der Waals surface area (Å²) in [4.78, 5) is 11.8. The van der Waals surface area contributed by atoms with Crippen LogP contribution in [0.4, 0.5) is 19.3 Å². The van der Waals surface area contributed by atoms with E-state index in [1.54, 1.807) is 11.8 Å². The van der Waals surface area contributed by atoms with Crippen molar-refractivity contribution in [3.8, 4) is 0 Å². The van der Waals surface area contributed by atoms with Crippen LogP contribution >= 0.6 is 11.8 Å². The Morgan fingerprint density at radius 3 is 2.52 bits per heavy atom. The van der Waals surface area contributed by atoms with E-state index in [2.05, 4.69) is 10.6 Å². The highest BCUT2D eigenvalue weighted by molar-refractivity contribution is 7.97. The third kappa shape index (κ3) is 5.56. The van der Waals surface area contributed by atoms with E-state index in [1.807, 2.05) is 30.5 Å². The lowest BCUT2D eigenvalue weighted by molar-refractivity contribution is 0.252. The predicted octanol–water partition coefficient (Wildman–Crippen LogP) is 4.19. The number of amides is 2. The van der Waals surface area contributed by atoms with E-state index in [-0.39, 0.29) is 12.6 Å². The van der Waals surface area contributed by atoms with Crippen molar-refractivity contribution in [1.29, 1.82) is 0 Å². The van der Waals surface area contributed by atoms with Gasteiger partial charge in [-0.3, -0.25) is 0 Å². The molecular formula is C17H18F2N2OS. The first kappa shape index (κ1) is 17.3. The van der Waals surface area contributed by atoms with Crippen molar-refractivity contribution in [2.45, 2.75) is 12.2 Å². The minimum atomic E-state index is -0.609. The van der Waals surface area contributed by atoms with Crippen molar-refractivity contribution in [3.63, 3.8) is 0 Å². The van der Waals surface area contributed by atoms with E-state index >= 15 is 0 Å².